The molecule has 2 heteroatoms. The largest absolute Gasteiger partial charge is 0.472 e. The third kappa shape index (κ3) is 1.53. The van der Waals surface area contributed by atoms with E-state index in [-0.39, 0.29) is 0 Å². The zero-order valence-electron chi connectivity index (χ0n) is 9.15. The Balaban J connectivity index is 1.93. The van der Waals surface area contributed by atoms with E-state index in [1.54, 1.807) is 6.26 Å². The molecule has 1 aromatic heterocycles. The lowest BCUT2D eigenvalue weighted by Crippen LogP contribution is -2.45. The average molecular weight is 203 g/mol. The normalized spacial score (nSPS) is 31.4. The molecule has 0 saturated carbocycles. The highest BCUT2D eigenvalue weighted by molar-refractivity contribution is 5.66. The minimum absolute atomic E-state index is 0.655. The molecular weight excluding hydrogens is 186 g/mol. The van der Waals surface area contributed by atoms with Gasteiger partial charge in [0, 0.05) is 17.6 Å². The van der Waals surface area contributed by atoms with E-state index < -0.39 is 0 Å². The summed E-state index contributed by atoms with van der Waals surface area (Å²) >= 11 is 0. The van der Waals surface area contributed by atoms with Crippen molar-refractivity contribution in [3.8, 4) is 0 Å². The zero-order valence-corrected chi connectivity index (χ0v) is 9.15. The Morgan fingerprint density at radius 2 is 2.33 bits per heavy atom. The average Bonchev–Trinajstić information content (AvgIpc) is 2.70. The molecule has 2 atom stereocenters. The van der Waals surface area contributed by atoms with Crippen LogP contribution in [0.5, 0.6) is 0 Å². The van der Waals surface area contributed by atoms with Crippen LogP contribution in [-0.2, 0) is 0 Å². The first-order valence-electron chi connectivity index (χ1n) is 5.80. The van der Waals surface area contributed by atoms with Crippen LogP contribution in [0.15, 0.2) is 29.1 Å². The first-order valence-corrected chi connectivity index (χ1v) is 5.80. The predicted molar refractivity (Wildman–Crippen MR) is 60.5 cm³/mol. The minimum atomic E-state index is 0.655. The highest BCUT2D eigenvalue weighted by Crippen LogP contribution is 2.35. The van der Waals surface area contributed by atoms with Crippen molar-refractivity contribution in [2.45, 2.75) is 37.8 Å². The monoisotopic (exact) mass is 203 g/mol. The third-order valence-corrected chi connectivity index (χ3v) is 3.88. The van der Waals surface area contributed by atoms with Crippen molar-refractivity contribution in [3.63, 3.8) is 0 Å². The van der Waals surface area contributed by atoms with Gasteiger partial charge in [0.05, 0.1) is 12.5 Å². The number of hydrogen-bond acceptors (Lipinski definition) is 2. The summed E-state index contributed by atoms with van der Waals surface area (Å²) in [7, 11) is 2.26. The van der Waals surface area contributed by atoms with E-state index >= 15 is 0 Å². The van der Waals surface area contributed by atoms with Gasteiger partial charge in [0.1, 0.15) is 0 Å². The molecule has 1 aromatic rings. The van der Waals surface area contributed by atoms with Crippen LogP contribution in [0.4, 0.5) is 0 Å². The number of furan rings is 1. The number of nitrogens with zero attached hydrogens (tertiary/aromatic N) is 1. The Morgan fingerprint density at radius 3 is 3.07 bits per heavy atom. The summed E-state index contributed by atoms with van der Waals surface area (Å²) in [5.74, 6) is 0. The topological polar surface area (TPSA) is 16.4 Å². The second kappa shape index (κ2) is 3.53. The Bertz CT molecular complexity index is 366. The highest BCUT2D eigenvalue weighted by Gasteiger charge is 2.31. The van der Waals surface area contributed by atoms with Crippen LogP contribution in [-0.4, -0.2) is 24.0 Å². The molecule has 0 radical (unpaired) electrons. The zero-order chi connectivity index (χ0) is 10.3. The van der Waals surface area contributed by atoms with Gasteiger partial charge in [0.25, 0.3) is 0 Å². The van der Waals surface area contributed by atoms with E-state index in [9.17, 15) is 0 Å². The standard InChI is InChI=1S/C13H17NO/c1-14-12-3-2-4-13(14)8-11(7-12)10-5-6-15-9-10/h5-7,9,12-13H,2-4,8H2,1H3/t12-,13?/m0/s1. The van der Waals surface area contributed by atoms with Crippen molar-refractivity contribution in [3.05, 3.63) is 30.2 Å². The molecule has 0 spiro atoms. The Morgan fingerprint density at radius 1 is 1.40 bits per heavy atom. The number of rotatable bonds is 1. The molecular formula is C13H17NO. The fourth-order valence-corrected chi connectivity index (χ4v) is 2.90. The summed E-state index contributed by atoms with van der Waals surface area (Å²) in [4.78, 5) is 2.53. The van der Waals surface area contributed by atoms with Crippen molar-refractivity contribution >= 4 is 5.57 Å². The molecule has 1 fully saturated rings. The van der Waals surface area contributed by atoms with Crippen molar-refractivity contribution in [2.24, 2.45) is 0 Å². The van der Waals surface area contributed by atoms with Gasteiger partial charge in [-0.15, -0.1) is 0 Å². The first-order chi connectivity index (χ1) is 7.34. The van der Waals surface area contributed by atoms with E-state index in [0.717, 1.165) is 6.04 Å². The molecule has 0 amide bonds. The predicted octanol–water partition coefficient (Wildman–Crippen LogP) is 2.92. The molecule has 1 saturated heterocycles. The van der Waals surface area contributed by atoms with Crippen molar-refractivity contribution in [2.75, 3.05) is 7.05 Å². The quantitative estimate of drug-likeness (QED) is 0.697. The van der Waals surface area contributed by atoms with Gasteiger partial charge in [-0.1, -0.05) is 12.5 Å². The molecule has 2 nitrogen and oxygen atoms in total. The smallest absolute Gasteiger partial charge is 0.0977 e. The second-order valence-electron chi connectivity index (χ2n) is 4.73. The van der Waals surface area contributed by atoms with Crippen LogP contribution >= 0.6 is 0 Å². The van der Waals surface area contributed by atoms with E-state index in [1.165, 1.54) is 36.8 Å². The summed E-state index contributed by atoms with van der Waals surface area (Å²) in [6.07, 6.45) is 11.3. The molecule has 15 heavy (non-hydrogen) atoms. The van der Waals surface area contributed by atoms with Crippen molar-refractivity contribution in [1.82, 2.24) is 4.90 Å². The lowest BCUT2D eigenvalue weighted by Gasteiger charge is -2.42. The number of likely N-dealkylation sites (N-methyl/N-ethyl adjacent to an activating group) is 1. The molecule has 3 heterocycles. The van der Waals surface area contributed by atoms with Gasteiger partial charge in [-0.2, -0.15) is 0 Å². The van der Waals surface area contributed by atoms with Gasteiger partial charge >= 0.3 is 0 Å². The summed E-state index contributed by atoms with van der Waals surface area (Å²) in [5, 5.41) is 0. The molecule has 2 aliphatic heterocycles. The molecule has 0 N–H and O–H groups in total. The second-order valence-corrected chi connectivity index (χ2v) is 4.73. The number of hydrogen-bond donors (Lipinski definition) is 0. The minimum Gasteiger partial charge on any atom is -0.472 e. The summed E-state index contributed by atoms with van der Waals surface area (Å²) in [6.45, 7) is 0. The van der Waals surface area contributed by atoms with Crippen molar-refractivity contribution in [1.29, 1.82) is 0 Å². The van der Waals surface area contributed by atoms with Crippen LogP contribution in [0.1, 0.15) is 31.2 Å². The van der Waals surface area contributed by atoms with Gasteiger partial charge in [0.15, 0.2) is 0 Å². The fraction of sp³-hybridized carbons (Fsp3) is 0.538. The van der Waals surface area contributed by atoms with Crippen LogP contribution in [0.25, 0.3) is 5.57 Å². The number of piperidine rings is 1. The fourth-order valence-electron chi connectivity index (χ4n) is 2.90. The summed E-state index contributed by atoms with van der Waals surface area (Å²) < 4.78 is 5.16. The maximum atomic E-state index is 5.16. The van der Waals surface area contributed by atoms with Crippen LogP contribution in [0, 0.1) is 0 Å². The Kier molecular flexibility index (Phi) is 2.17. The van der Waals surface area contributed by atoms with Gasteiger partial charge in [-0.05, 0) is 37.9 Å². The number of fused-ring (bicyclic) bond motifs is 2. The molecule has 3 rings (SSSR count). The van der Waals surface area contributed by atoms with E-state index in [4.69, 9.17) is 4.42 Å². The Labute approximate surface area is 90.6 Å². The third-order valence-electron chi connectivity index (χ3n) is 3.88. The molecule has 2 bridgehead atoms. The lowest BCUT2D eigenvalue weighted by atomic mass is 9.84. The van der Waals surface area contributed by atoms with Crippen molar-refractivity contribution < 1.29 is 4.42 Å². The van der Waals surface area contributed by atoms with E-state index in [2.05, 4.69) is 24.1 Å². The maximum Gasteiger partial charge on any atom is 0.0977 e. The highest BCUT2D eigenvalue weighted by atomic mass is 16.3. The molecule has 1 unspecified atom stereocenters. The summed E-state index contributed by atoms with van der Waals surface area (Å²) in [6, 6.07) is 3.48. The van der Waals surface area contributed by atoms with Gasteiger partial charge in [-0.25, -0.2) is 0 Å². The molecule has 0 aromatic carbocycles. The Hall–Kier alpha value is -1.02. The first kappa shape index (κ1) is 9.22. The van der Waals surface area contributed by atoms with Gasteiger partial charge in [0.2, 0.25) is 0 Å². The molecule has 80 valence electrons. The van der Waals surface area contributed by atoms with Crippen LogP contribution in [0.3, 0.4) is 0 Å². The van der Waals surface area contributed by atoms with Gasteiger partial charge in [-0.3, -0.25) is 4.90 Å². The van der Waals surface area contributed by atoms with Crippen LogP contribution in [0.2, 0.25) is 0 Å². The van der Waals surface area contributed by atoms with E-state index in [1.807, 2.05) is 6.26 Å². The SMILES string of the molecule is CN1C2CCC[C@H]1C=C(c1ccoc1)C2. The maximum absolute atomic E-state index is 5.16. The summed E-state index contributed by atoms with van der Waals surface area (Å²) in [5.41, 5.74) is 2.76. The van der Waals surface area contributed by atoms with Crippen LogP contribution < -0.4 is 0 Å². The van der Waals surface area contributed by atoms with E-state index in [0.29, 0.717) is 6.04 Å². The lowest BCUT2D eigenvalue weighted by molar-refractivity contribution is 0.137. The molecule has 2 aliphatic rings. The van der Waals surface area contributed by atoms with Gasteiger partial charge < -0.3 is 4.42 Å². The molecule has 0 aliphatic carbocycles.